The molecule has 76 valence electrons. The van der Waals surface area contributed by atoms with Crippen LogP contribution < -0.4 is 29.6 Å². The van der Waals surface area contributed by atoms with Gasteiger partial charge in [-0.15, -0.1) is 0 Å². The minimum absolute atomic E-state index is 0. The van der Waals surface area contributed by atoms with E-state index in [9.17, 15) is 0 Å². The van der Waals surface area contributed by atoms with E-state index in [0.29, 0.717) is 7.91 Å². The summed E-state index contributed by atoms with van der Waals surface area (Å²) in [4.78, 5) is 0. The van der Waals surface area contributed by atoms with Crippen molar-refractivity contribution in [2.45, 2.75) is 8.68 Å². The van der Waals surface area contributed by atoms with E-state index in [-0.39, 0.29) is 31.0 Å². The van der Waals surface area contributed by atoms with Gasteiger partial charge in [0.25, 0.3) is 0 Å². The zero-order valence-corrected chi connectivity index (χ0v) is 14.2. The van der Waals surface area contributed by atoms with Crippen molar-refractivity contribution in [1.82, 2.24) is 20.4 Å². The summed E-state index contributed by atoms with van der Waals surface area (Å²) < 4.78 is 3.15. The number of rotatable bonds is 3. The van der Waals surface area contributed by atoms with Crippen molar-refractivity contribution in [3.05, 3.63) is 7.91 Å². The molecule has 2 heterocycles. The summed E-state index contributed by atoms with van der Waals surface area (Å²) in [7, 11) is 3.03. The van der Waals surface area contributed by atoms with Gasteiger partial charge in [0.1, 0.15) is 0 Å². The largest absolute Gasteiger partial charge is 1.00 e. The molecule has 0 saturated heterocycles. The second-order valence-electron chi connectivity index (χ2n) is 1.92. The molecule has 0 spiro atoms. The fraction of sp³-hybridized carbons (Fsp3) is 0. The molecule has 0 bridgehead atoms. The topological polar surface area (TPSA) is 57.4 Å². The van der Waals surface area contributed by atoms with Crippen LogP contribution >= 0.6 is 68.7 Å². The number of H-pyrrole nitrogens is 2. The van der Waals surface area contributed by atoms with Crippen LogP contribution in [-0.4, -0.2) is 20.4 Å². The van der Waals surface area contributed by atoms with E-state index in [2.05, 4.69) is 20.4 Å². The zero-order valence-electron chi connectivity index (χ0n) is 8.34. The van der Waals surface area contributed by atoms with Crippen molar-refractivity contribution in [1.29, 1.82) is 0 Å². The second-order valence-corrected chi connectivity index (χ2v) is 7.88. The first kappa shape index (κ1) is 14.3. The molecule has 0 radical (unpaired) electrons. The predicted molar refractivity (Wildman–Crippen MR) is 67.4 cm³/mol. The molecule has 0 fully saturated rings. The molecule has 2 N–H and O–H groups in total. The van der Waals surface area contributed by atoms with Gasteiger partial charge in [0.15, 0.2) is 16.6 Å². The van der Waals surface area contributed by atoms with Gasteiger partial charge in [-0.3, -0.25) is 10.2 Å². The molecular formula is C4H3N4NaS6. The van der Waals surface area contributed by atoms with Crippen LogP contribution in [0.3, 0.4) is 0 Å². The Morgan fingerprint density at radius 3 is 1.67 bits per heavy atom. The van der Waals surface area contributed by atoms with Crippen LogP contribution in [0.1, 0.15) is 1.43 Å². The molecule has 0 aromatic carbocycles. The van der Waals surface area contributed by atoms with Crippen molar-refractivity contribution >= 4 is 68.7 Å². The third-order valence-electron chi connectivity index (χ3n) is 1.02. The monoisotopic (exact) mass is 322 g/mol. The molecule has 0 saturated carbocycles. The fourth-order valence-corrected chi connectivity index (χ4v) is 5.10. The first-order valence-corrected chi connectivity index (χ1v) is 7.79. The Balaban J connectivity index is 0.00000112. The van der Waals surface area contributed by atoms with Crippen LogP contribution in [0.15, 0.2) is 8.68 Å². The van der Waals surface area contributed by atoms with Crippen LogP contribution in [0.2, 0.25) is 0 Å². The van der Waals surface area contributed by atoms with Crippen molar-refractivity contribution in [3.8, 4) is 0 Å². The normalized spacial score (nSPS) is 9.87. The molecule has 15 heavy (non-hydrogen) atoms. The minimum Gasteiger partial charge on any atom is -1.00 e. The summed E-state index contributed by atoms with van der Waals surface area (Å²) in [6.45, 7) is 0. The van der Waals surface area contributed by atoms with Crippen LogP contribution in [0.5, 0.6) is 0 Å². The van der Waals surface area contributed by atoms with E-state index in [1.165, 1.54) is 44.3 Å². The van der Waals surface area contributed by atoms with Gasteiger partial charge in [0, 0.05) is 0 Å². The molecular weight excluding hydrogens is 319 g/mol. The number of aromatic amines is 2. The third-order valence-corrected chi connectivity index (χ3v) is 6.17. The summed E-state index contributed by atoms with van der Waals surface area (Å²) in [5.74, 6) is 0. The van der Waals surface area contributed by atoms with Gasteiger partial charge in [0.05, 0.1) is 0 Å². The first-order chi connectivity index (χ1) is 6.74. The van der Waals surface area contributed by atoms with Crippen molar-refractivity contribution < 1.29 is 31.0 Å². The summed E-state index contributed by atoms with van der Waals surface area (Å²) in [5, 5.41) is 13.4. The van der Waals surface area contributed by atoms with Crippen molar-refractivity contribution in [3.63, 3.8) is 0 Å². The second kappa shape index (κ2) is 6.87. The average Bonchev–Trinajstić information content (AvgIpc) is 2.72. The quantitative estimate of drug-likeness (QED) is 0.491. The maximum absolute atomic E-state index is 4.91. The van der Waals surface area contributed by atoms with Gasteiger partial charge in [-0.25, -0.2) is 0 Å². The summed E-state index contributed by atoms with van der Waals surface area (Å²) >= 11 is 12.7. The Bertz CT molecular complexity index is 480. The Hall–Kier alpha value is 1.26. The van der Waals surface area contributed by atoms with Gasteiger partial charge in [-0.2, -0.15) is 10.2 Å². The Kier molecular flexibility index (Phi) is 6.55. The smallest absolute Gasteiger partial charge is 1.00 e. The minimum atomic E-state index is 0. The number of nitrogens with zero attached hydrogens (tertiary/aromatic N) is 2. The predicted octanol–water partition coefficient (Wildman–Crippen LogP) is 0.631. The molecule has 0 unspecified atom stereocenters. The number of aromatic nitrogens is 4. The molecule has 0 aliphatic heterocycles. The molecule has 2 aromatic rings. The Morgan fingerprint density at radius 1 is 1.00 bits per heavy atom. The number of hydrogen-bond acceptors (Lipinski definition) is 8. The molecule has 11 heteroatoms. The maximum atomic E-state index is 4.91. The van der Waals surface area contributed by atoms with Crippen LogP contribution in [0.25, 0.3) is 0 Å². The van der Waals surface area contributed by atoms with Gasteiger partial charge in [-0.1, -0.05) is 22.7 Å². The summed E-state index contributed by atoms with van der Waals surface area (Å²) in [6.07, 6.45) is 0. The third kappa shape index (κ3) is 4.56. The van der Waals surface area contributed by atoms with Gasteiger partial charge < -0.3 is 1.43 Å². The van der Waals surface area contributed by atoms with E-state index < -0.39 is 0 Å². The standard InChI is InChI=1S/C4H2N4S6.Na.H/c9-1-5-7-3(11-1)13-14-4-8-6-2(10)12-4;;/h(H,5,9)(H,6,10);;/q;+1;-1. The van der Waals surface area contributed by atoms with E-state index in [1.807, 2.05) is 0 Å². The van der Waals surface area contributed by atoms with Crippen molar-refractivity contribution in [2.24, 2.45) is 0 Å². The molecule has 2 rings (SSSR count). The van der Waals surface area contributed by atoms with Crippen LogP contribution in [-0.2, 0) is 0 Å². The van der Waals surface area contributed by atoms with Crippen LogP contribution in [0.4, 0.5) is 0 Å². The molecule has 0 atom stereocenters. The zero-order chi connectivity index (χ0) is 9.97. The molecule has 4 nitrogen and oxygen atoms in total. The van der Waals surface area contributed by atoms with Crippen LogP contribution in [0, 0.1) is 7.91 Å². The molecule has 0 amide bonds. The first-order valence-electron chi connectivity index (χ1n) is 3.19. The average molecular weight is 322 g/mol. The van der Waals surface area contributed by atoms with E-state index in [4.69, 9.17) is 24.4 Å². The Morgan fingerprint density at radius 2 is 1.40 bits per heavy atom. The maximum Gasteiger partial charge on any atom is 1.00 e. The number of hydrogen-bond donors (Lipinski definition) is 2. The van der Waals surface area contributed by atoms with Gasteiger partial charge >= 0.3 is 29.6 Å². The van der Waals surface area contributed by atoms with Gasteiger partial charge in [-0.05, 0) is 46.0 Å². The van der Waals surface area contributed by atoms with E-state index in [1.54, 1.807) is 0 Å². The Labute approximate surface area is 135 Å². The molecule has 0 aliphatic carbocycles. The SMILES string of the molecule is S=c1[nH]nc(SSc2n[nH]c(=S)s2)s1.[H-].[Na+]. The molecule has 0 aliphatic rings. The number of nitrogens with one attached hydrogen (secondary N) is 2. The molecule has 2 aromatic heterocycles. The fourth-order valence-electron chi connectivity index (χ4n) is 0.575. The van der Waals surface area contributed by atoms with E-state index >= 15 is 0 Å². The summed E-state index contributed by atoms with van der Waals surface area (Å²) in [6, 6.07) is 0. The summed E-state index contributed by atoms with van der Waals surface area (Å²) in [5.41, 5.74) is 0. The van der Waals surface area contributed by atoms with E-state index in [0.717, 1.165) is 8.68 Å². The van der Waals surface area contributed by atoms with Crippen molar-refractivity contribution in [2.75, 3.05) is 0 Å². The van der Waals surface area contributed by atoms with Gasteiger partial charge in [0.2, 0.25) is 0 Å².